The van der Waals surface area contributed by atoms with Crippen LogP contribution in [-0.2, 0) is 9.53 Å². The van der Waals surface area contributed by atoms with Crippen LogP contribution >= 0.6 is 0 Å². The second-order valence-corrected chi connectivity index (χ2v) is 6.58. The van der Waals surface area contributed by atoms with E-state index in [-0.39, 0.29) is 18.6 Å². The fourth-order valence-corrected chi connectivity index (χ4v) is 3.49. The van der Waals surface area contributed by atoms with Gasteiger partial charge in [0.15, 0.2) is 6.61 Å². The Morgan fingerprint density at radius 3 is 2.52 bits per heavy atom. The van der Waals surface area contributed by atoms with Gasteiger partial charge in [0.1, 0.15) is 0 Å². The quantitative estimate of drug-likeness (QED) is 0.850. The molecule has 1 amide bonds. The SMILES string of the molecule is Cc1cc(C(=O)OCC(=O)NC2CCCC2)c(C)n1-c1ccccc1. The number of ether oxygens (including phenoxy) is 1. The third kappa shape index (κ3) is 3.92. The average molecular weight is 340 g/mol. The molecule has 0 bridgehead atoms. The van der Waals surface area contributed by atoms with Crippen LogP contribution in [0.15, 0.2) is 36.4 Å². The number of para-hydroxylation sites is 1. The topological polar surface area (TPSA) is 60.3 Å². The van der Waals surface area contributed by atoms with Gasteiger partial charge in [-0.15, -0.1) is 0 Å². The molecule has 2 aromatic rings. The monoisotopic (exact) mass is 340 g/mol. The summed E-state index contributed by atoms with van der Waals surface area (Å²) in [6.45, 7) is 3.60. The van der Waals surface area contributed by atoms with Crippen LogP contribution in [0.3, 0.4) is 0 Å². The Kier molecular flexibility index (Phi) is 5.22. The number of aromatic nitrogens is 1. The Morgan fingerprint density at radius 1 is 1.16 bits per heavy atom. The van der Waals surface area contributed by atoms with Gasteiger partial charge in [-0.3, -0.25) is 4.79 Å². The van der Waals surface area contributed by atoms with Gasteiger partial charge >= 0.3 is 5.97 Å². The summed E-state index contributed by atoms with van der Waals surface area (Å²) in [5.41, 5.74) is 3.25. The average Bonchev–Trinajstić information content (AvgIpc) is 3.21. The largest absolute Gasteiger partial charge is 0.452 e. The van der Waals surface area contributed by atoms with Crippen molar-refractivity contribution >= 4 is 11.9 Å². The van der Waals surface area contributed by atoms with Crippen LogP contribution in [0.5, 0.6) is 0 Å². The first kappa shape index (κ1) is 17.3. The molecule has 0 atom stereocenters. The summed E-state index contributed by atoms with van der Waals surface area (Å²) < 4.78 is 7.23. The van der Waals surface area contributed by atoms with Gasteiger partial charge in [0, 0.05) is 23.1 Å². The molecule has 1 heterocycles. The van der Waals surface area contributed by atoms with E-state index in [4.69, 9.17) is 4.74 Å². The molecule has 0 saturated heterocycles. The lowest BCUT2D eigenvalue weighted by atomic mass is 10.2. The van der Waals surface area contributed by atoms with Gasteiger partial charge in [-0.25, -0.2) is 4.79 Å². The zero-order valence-corrected chi connectivity index (χ0v) is 14.7. The third-order valence-corrected chi connectivity index (χ3v) is 4.72. The molecule has 1 aliphatic rings. The van der Waals surface area contributed by atoms with Crippen molar-refractivity contribution in [1.29, 1.82) is 0 Å². The van der Waals surface area contributed by atoms with Gasteiger partial charge in [0.25, 0.3) is 5.91 Å². The van der Waals surface area contributed by atoms with Crippen molar-refractivity contribution < 1.29 is 14.3 Å². The van der Waals surface area contributed by atoms with Crippen LogP contribution in [0.1, 0.15) is 47.4 Å². The number of nitrogens with zero attached hydrogens (tertiary/aromatic N) is 1. The Bertz CT molecular complexity index is 759. The lowest BCUT2D eigenvalue weighted by Gasteiger charge is -2.12. The van der Waals surface area contributed by atoms with Crippen molar-refractivity contribution in [2.75, 3.05) is 6.61 Å². The number of benzene rings is 1. The summed E-state index contributed by atoms with van der Waals surface area (Å²) in [6, 6.07) is 11.9. The fourth-order valence-electron chi connectivity index (χ4n) is 3.49. The Labute approximate surface area is 148 Å². The number of amides is 1. The Hall–Kier alpha value is -2.56. The maximum absolute atomic E-state index is 12.4. The maximum Gasteiger partial charge on any atom is 0.340 e. The van der Waals surface area contributed by atoms with E-state index in [0.717, 1.165) is 42.8 Å². The number of hydrogen-bond acceptors (Lipinski definition) is 3. The molecule has 1 N–H and O–H groups in total. The first-order chi connectivity index (χ1) is 12.1. The molecule has 1 aromatic carbocycles. The molecule has 5 nitrogen and oxygen atoms in total. The number of rotatable bonds is 5. The lowest BCUT2D eigenvalue weighted by Crippen LogP contribution is -2.35. The van der Waals surface area contributed by atoms with E-state index in [9.17, 15) is 9.59 Å². The molecule has 3 rings (SSSR count). The Balaban J connectivity index is 1.65. The minimum atomic E-state index is -0.461. The maximum atomic E-state index is 12.4. The van der Waals surface area contributed by atoms with Gasteiger partial charge in [-0.1, -0.05) is 31.0 Å². The number of nitrogens with one attached hydrogen (secondary N) is 1. The van der Waals surface area contributed by atoms with Crippen LogP contribution in [0.4, 0.5) is 0 Å². The first-order valence-electron chi connectivity index (χ1n) is 8.77. The zero-order chi connectivity index (χ0) is 17.8. The van der Waals surface area contributed by atoms with E-state index in [1.807, 2.05) is 48.7 Å². The van der Waals surface area contributed by atoms with Gasteiger partial charge in [0.05, 0.1) is 5.56 Å². The minimum Gasteiger partial charge on any atom is -0.452 e. The summed E-state index contributed by atoms with van der Waals surface area (Å²) in [5.74, 6) is -0.686. The standard InChI is InChI=1S/C20H24N2O3/c1-14-12-18(15(2)22(14)17-10-4-3-5-11-17)20(24)25-13-19(23)21-16-8-6-7-9-16/h3-5,10-12,16H,6-9,13H2,1-2H3,(H,21,23). The molecule has 1 saturated carbocycles. The highest BCUT2D eigenvalue weighted by Crippen LogP contribution is 2.21. The predicted molar refractivity (Wildman–Crippen MR) is 95.9 cm³/mol. The molecule has 132 valence electrons. The van der Waals surface area contributed by atoms with E-state index in [1.54, 1.807) is 6.07 Å². The lowest BCUT2D eigenvalue weighted by molar-refractivity contribution is -0.124. The number of carbonyl (C=O) groups is 2. The number of hydrogen-bond donors (Lipinski definition) is 1. The van der Waals surface area contributed by atoms with Crippen LogP contribution in [0.25, 0.3) is 5.69 Å². The summed E-state index contributed by atoms with van der Waals surface area (Å²) in [4.78, 5) is 24.3. The molecule has 1 aliphatic carbocycles. The molecule has 5 heteroatoms. The molecular formula is C20H24N2O3. The van der Waals surface area contributed by atoms with E-state index in [1.165, 1.54) is 0 Å². The summed E-state index contributed by atoms with van der Waals surface area (Å²) in [7, 11) is 0. The normalized spacial score (nSPS) is 14.5. The summed E-state index contributed by atoms with van der Waals surface area (Å²) >= 11 is 0. The van der Waals surface area contributed by atoms with E-state index in [2.05, 4.69) is 5.32 Å². The molecule has 25 heavy (non-hydrogen) atoms. The third-order valence-electron chi connectivity index (χ3n) is 4.72. The highest BCUT2D eigenvalue weighted by Gasteiger charge is 2.21. The van der Waals surface area contributed by atoms with Crippen molar-refractivity contribution in [1.82, 2.24) is 9.88 Å². The summed E-state index contributed by atoms with van der Waals surface area (Å²) in [5, 5.41) is 2.92. The van der Waals surface area contributed by atoms with Gasteiger partial charge in [-0.05, 0) is 44.9 Å². The van der Waals surface area contributed by atoms with E-state index in [0.29, 0.717) is 5.56 Å². The van der Waals surface area contributed by atoms with E-state index < -0.39 is 5.97 Å². The predicted octanol–water partition coefficient (Wildman–Crippen LogP) is 3.31. The molecule has 0 unspecified atom stereocenters. The van der Waals surface area contributed by atoms with E-state index >= 15 is 0 Å². The molecule has 1 aromatic heterocycles. The second kappa shape index (κ2) is 7.55. The van der Waals surface area contributed by atoms with Crippen LogP contribution in [0.2, 0.25) is 0 Å². The Morgan fingerprint density at radius 2 is 1.84 bits per heavy atom. The molecule has 0 radical (unpaired) electrons. The molecule has 0 aliphatic heterocycles. The molecule has 0 spiro atoms. The van der Waals surface area contributed by atoms with Gasteiger partial charge in [0.2, 0.25) is 0 Å². The minimum absolute atomic E-state index is 0.225. The van der Waals surface area contributed by atoms with Crippen LogP contribution in [0, 0.1) is 13.8 Å². The smallest absolute Gasteiger partial charge is 0.340 e. The highest BCUT2D eigenvalue weighted by atomic mass is 16.5. The van der Waals surface area contributed by atoms with Gasteiger partial charge < -0.3 is 14.6 Å². The second-order valence-electron chi connectivity index (χ2n) is 6.58. The number of carbonyl (C=O) groups excluding carboxylic acids is 2. The molecule has 1 fully saturated rings. The first-order valence-corrected chi connectivity index (χ1v) is 8.77. The summed E-state index contributed by atoms with van der Waals surface area (Å²) in [6.07, 6.45) is 4.32. The fraction of sp³-hybridized carbons (Fsp3) is 0.400. The van der Waals surface area contributed by atoms with Crippen molar-refractivity contribution in [3.63, 3.8) is 0 Å². The van der Waals surface area contributed by atoms with Gasteiger partial charge in [-0.2, -0.15) is 0 Å². The van der Waals surface area contributed by atoms with Crippen molar-refractivity contribution in [3.8, 4) is 5.69 Å². The van der Waals surface area contributed by atoms with Crippen LogP contribution in [-0.4, -0.2) is 29.1 Å². The zero-order valence-electron chi connectivity index (χ0n) is 14.7. The highest BCUT2D eigenvalue weighted by molar-refractivity contribution is 5.93. The van der Waals surface area contributed by atoms with Crippen LogP contribution < -0.4 is 5.32 Å². The number of esters is 1. The van der Waals surface area contributed by atoms with Crippen molar-refractivity contribution in [2.45, 2.75) is 45.6 Å². The number of aryl methyl sites for hydroxylation is 1. The van der Waals surface area contributed by atoms with Crippen molar-refractivity contribution in [2.24, 2.45) is 0 Å². The van der Waals surface area contributed by atoms with Crippen molar-refractivity contribution in [3.05, 3.63) is 53.3 Å². The molecular weight excluding hydrogens is 316 g/mol.